The molecule has 0 saturated heterocycles. The number of amides is 1. The van der Waals surface area contributed by atoms with Crippen LogP contribution in [0.25, 0.3) is 11.0 Å². The van der Waals surface area contributed by atoms with Crippen molar-refractivity contribution in [3.8, 4) is 5.75 Å². The summed E-state index contributed by atoms with van der Waals surface area (Å²) in [7, 11) is 1.57. The number of H-pyrrole nitrogens is 1. The minimum Gasteiger partial charge on any atom is -0.494 e. The molecule has 1 atom stereocenters. The number of aliphatic carboxylic acids is 1. The maximum Gasteiger partial charge on any atom is 0.303 e. The smallest absolute Gasteiger partial charge is 0.303 e. The second-order valence-corrected chi connectivity index (χ2v) is 8.29. The molecule has 10 heteroatoms. The van der Waals surface area contributed by atoms with Gasteiger partial charge in [-0.1, -0.05) is 13.0 Å². The molecule has 10 nitrogen and oxygen atoms in total. The van der Waals surface area contributed by atoms with E-state index in [0.29, 0.717) is 23.0 Å². The number of imidazole rings is 1. The Bertz CT molecular complexity index is 1370. The van der Waals surface area contributed by atoms with Crippen LogP contribution < -0.4 is 15.4 Å². The number of ether oxygens (including phenoxy) is 1. The van der Waals surface area contributed by atoms with Gasteiger partial charge in [0.25, 0.3) is 0 Å². The number of carbonyl (C=O) groups is 2. The van der Waals surface area contributed by atoms with E-state index in [1.54, 1.807) is 43.9 Å². The van der Waals surface area contributed by atoms with Gasteiger partial charge in [0.05, 0.1) is 25.5 Å². The monoisotopic (exact) mass is 474 g/mol. The van der Waals surface area contributed by atoms with Crippen molar-refractivity contribution in [2.24, 2.45) is 0 Å². The third-order valence-electron chi connectivity index (χ3n) is 5.58. The SMILES string of the molecule is COc1cc(CC(=O)Nc2ccc(C(C)CC(=O)O)cn2)cc2nc(Nc3ccncc3C)[nH]c12. The Balaban J connectivity index is 1.47. The summed E-state index contributed by atoms with van der Waals surface area (Å²) in [5, 5.41) is 15.0. The number of carbonyl (C=O) groups excluding carboxylic acids is 1. The van der Waals surface area contributed by atoms with E-state index in [4.69, 9.17) is 9.84 Å². The van der Waals surface area contributed by atoms with E-state index in [9.17, 15) is 9.59 Å². The van der Waals surface area contributed by atoms with Crippen LogP contribution in [0, 0.1) is 6.92 Å². The van der Waals surface area contributed by atoms with Crippen LogP contribution in [0.3, 0.4) is 0 Å². The number of pyridine rings is 2. The number of nitrogens with zero attached hydrogens (tertiary/aromatic N) is 3. The van der Waals surface area contributed by atoms with Crippen molar-refractivity contribution in [1.82, 2.24) is 19.9 Å². The minimum absolute atomic E-state index is 0.0181. The highest BCUT2D eigenvalue weighted by Gasteiger charge is 2.14. The first-order valence-electron chi connectivity index (χ1n) is 11.0. The standard InChI is InChI=1S/C25H26N6O4/c1-14(8-23(33)34)17-4-5-21(27-13-17)30-22(32)11-16-9-19-24(20(10-16)35-3)31-25(29-19)28-18-6-7-26-12-15(18)2/h4-7,9-10,12-14H,8,11H2,1-3H3,(H,33,34)(H,27,30,32)(H2,26,28,29,31). The van der Waals surface area contributed by atoms with Gasteiger partial charge < -0.3 is 25.5 Å². The molecule has 1 unspecified atom stereocenters. The molecule has 4 N–H and O–H groups in total. The number of rotatable bonds is 9. The molecular formula is C25H26N6O4. The van der Waals surface area contributed by atoms with E-state index in [0.717, 1.165) is 27.9 Å². The molecule has 1 aromatic carbocycles. The van der Waals surface area contributed by atoms with Crippen LogP contribution in [0.5, 0.6) is 5.75 Å². The Hall–Kier alpha value is -4.47. The summed E-state index contributed by atoms with van der Waals surface area (Å²) in [6.07, 6.45) is 5.17. The topological polar surface area (TPSA) is 142 Å². The molecule has 0 aliphatic heterocycles. The number of carboxylic acids is 1. The molecule has 0 saturated carbocycles. The van der Waals surface area contributed by atoms with Gasteiger partial charge >= 0.3 is 5.97 Å². The van der Waals surface area contributed by atoms with Gasteiger partial charge in [-0.05, 0) is 53.8 Å². The van der Waals surface area contributed by atoms with E-state index < -0.39 is 5.97 Å². The maximum absolute atomic E-state index is 12.6. The average Bonchev–Trinajstić information content (AvgIpc) is 3.22. The number of carboxylic acid groups (broad SMARTS) is 1. The molecule has 1 amide bonds. The predicted molar refractivity (Wildman–Crippen MR) is 132 cm³/mol. The zero-order valence-corrected chi connectivity index (χ0v) is 19.6. The predicted octanol–water partition coefficient (Wildman–Crippen LogP) is 4.17. The van der Waals surface area contributed by atoms with Crippen LogP contribution >= 0.6 is 0 Å². The number of aromatic nitrogens is 4. The number of anilines is 3. The minimum atomic E-state index is -0.866. The molecule has 35 heavy (non-hydrogen) atoms. The lowest BCUT2D eigenvalue weighted by Crippen LogP contribution is -2.15. The third-order valence-corrected chi connectivity index (χ3v) is 5.58. The zero-order chi connectivity index (χ0) is 24.9. The van der Waals surface area contributed by atoms with Gasteiger partial charge in [-0.2, -0.15) is 0 Å². The molecule has 0 fully saturated rings. The molecule has 4 aromatic rings. The van der Waals surface area contributed by atoms with E-state index >= 15 is 0 Å². The Labute approximate surface area is 201 Å². The van der Waals surface area contributed by atoms with Crippen LogP contribution in [0.4, 0.5) is 17.5 Å². The molecular weight excluding hydrogens is 448 g/mol. The van der Waals surface area contributed by atoms with Gasteiger partial charge in [0.1, 0.15) is 17.1 Å². The number of hydrogen-bond donors (Lipinski definition) is 4. The Morgan fingerprint density at radius 1 is 1.20 bits per heavy atom. The molecule has 4 rings (SSSR count). The Morgan fingerprint density at radius 2 is 2.03 bits per heavy atom. The second-order valence-electron chi connectivity index (χ2n) is 8.29. The number of aryl methyl sites for hydroxylation is 1. The van der Waals surface area contributed by atoms with E-state index in [1.807, 2.05) is 26.0 Å². The maximum atomic E-state index is 12.6. The van der Waals surface area contributed by atoms with Crippen LogP contribution in [-0.4, -0.2) is 44.0 Å². The quantitative estimate of drug-likeness (QED) is 0.283. The number of aromatic amines is 1. The molecule has 0 bridgehead atoms. The third kappa shape index (κ3) is 5.72. The zero-order valence-electron chi connectivity index (χ0n) is 19.6. The molecule has 3 aromatic heterocycles. The fourth-order valence-electron chi connectivity index (χ4n) is 3.72. The van der Waals surface area contributed by atoms with Gasteiger partial charge in [-0.25, -0.2) is 9.97 Å². The van der Waals surface area contributed by atoms with Crippen LogP contribution in [-0.2, 0) is 16.0 Å². The summed E-state index contributed by atoms with van der Waals surface area (Å²) in [6.45, 7) is 3.77. The second kappa shape index (κ2) is 10.2. The largest absolute Gasteiger partial charge is 0.494 e. The van der Waals surface area contributed by atoms with Crippen LogP contribution in [0.1, 0.15) is 36.0 Å². The average molecular weight is 475 g/mol. The van der Waals surface area contributed by atoms with Crippen LogP contribution in [0.15, 0.2) is 48.9 Å². The first-order chi connectivity index (χ1) is 16.8. The van der Waals surface area contributed by atoms with E-state index in [1.165, 1.54) is 0 Å². The highest BCUT2D eigenvalue weighted by atomic mass is 16.5. The van der Waals surface area contributed by atoms with Gasteiger partial charge in [-0.15, -0.1) is 0 Å². The lowest BCUT2D eigenvalue weighted by molar-refractivity contribution is -0.137. The fraction of sp³-hybridized carbons (Fsp3) is 0.240. The Morgan fingerprint density at radius 3 is 2.71 bits per heavy atom. The molecule has 180 valence electrons. The van der Waals surface area contributed by atoms with Crippen molar-refractivity contribution in [2.45, 2.75) is 32.6 Å². The first kappa shape index (κ1) is 23.7. The van der Waals surface area contributed by atoms with Gasteiger partial charge in [0, 0.05) is 24.3 Å². The number of nitrogens with one attached hydrogen (secondary N) is 3. The van der Waals surface area contributed by atoms with Crippen molar-refractivity contribution in [1.29, 1.82) is 0 Å². The number of hydrogen-bond acceptors (Lipinski definition) is 7. The summed E-state index contributed by atoms with van der Waals surface area (Å²) in [4.78, 5) is 39.7. The lowest BCUT2D eigenvalue weighted by Gasteiger charge is -2.10. The normalized spacial score (nSPS) is 11.7. The van der Waals surface area contributed by atoms with E-state index in [2.05, 4.69) is 30.6 Å². The first-order valence-corrected chi connectivity index (χ1v) is 11.0. The van der Waals surface area contributed by atoms with Crippen LogP contribution in [0.2, 0.25) is 0 Å². The fourth-order valence-corrected chi connectivity index (χ4v) is 3.72. The van der Waals surface area contributed by atoms with E-state index in [-0.39, 0.29) is 24.7 Å². The highest BCUT2D eigenvalue weighted by molar-refractivity contribution is 5.93. The summed E-state index contributed by atoms with van der Waals surface area (Å²) in [5.74, 6) is 0.247. The van der Waals surface area contributed by atoms with Crippen molar-refractivity contribution in [3.05, 3.63) is 65.6 Å². The van der Waals surface area contributed by atoms with Gasteiger partial charge in [0.15, 0.2) is 0 Å². The highest BCUT2D eigenvalue weighted by Crippen LogP contribution is 2.29. The summed E-state index contributed by atoms with van der Waals surface area (Å²) < 4.78 is 5.52. The summed E-state index contributed by atoms with van der Waals surface area (Å²) >= 11 is 0. The molecule has 0 aliphatic carbocycles. The molecule has 0 aliphatic rings. The van der Waals surface area contributed by atoms with Gasteiger partial charge in [-0.3, -0.25) is 14.6 Å². The Kier molecular flexibility index (Phi) is 6.91. The number of benzene rings is 1. The van der Waals surface area contributed by atoms with Crippen molar-refractivity contribution in [3.63, 3.8) is 0 Å². The van der Waals surface area contributed by atoms with Crippen molar-refractivity contribution >= 4 is 40.4 Å². The van der Waals surface area contributed by atoms with Gasteiger partial charge in [0.2, 0.25) is 11.9 Å². The summed E-state index contributed by atoms with van der Waals surface area (Å²) in [6, 6.07) is 8.94. The molecule has 3 heterocycles. The molecule has 0 spiro atoms. The number of methoxy groups -OCH3 is 1. The lowest BCUT2D eigenvalue weighted by atomic mass is 10.00. The summed E-state index contributed by atoms with van der Waals surface area (Å²) in [5.41, 5.74) is 4.78. The van der Waals surface area contributed by atoms with Crippen molar-refractivity contribution in [2.75, 3.05) is 17.7 Å². The molecule has 0 radical (unpaired) electrons. The number of fused-ring (bicyclic) bond motifs is 1. The van der Waals surface area contributed by atoms with Crippen molar-refractivity contribution < 1.29 is 19.4 Å².